The fourth-order valence-electron chi connectivity index (χ4n) is 5.44. The Balaban J connectivity index is 1.65. The molecule has 5 rings (SSSR count). The Morgan fingerprint density at radius 2 is 1.47 bits per heavy atom. The van der Waals surface area contributed by atoms with Crippen molar-refractivity contribution < 1.29 is 27.9 Å². The minimum Gasteiger partial charge on any atom is -0.461 e. The summed E-state index contributed by atoms with van der Waals surface area (Å²) in [5.74, 6) is -0.884. The highest BCUT2D eigenvalue weighted by molar-refractivity contribution is 7.89. The summed E-state index contributed by atoms with van der Waals surface area (Å²) in [7, 11) is -4.13. The Hall–Kier alpha value is -3.53. The molecule has 4 atom stereocenters. The lowest BCUT2D eigenvalue weighted by atomic mass is 9.73. The lowest BCUT2D eigenvalue weighted by Gasteiger charge is -2.61. The van der Waals surface area contributed by atoms with Crippen molar-refractivity contribution in [2.75, 3.05) is 6.54 Å². The molecule has 36 heavy (non-hydrogen) atoms. The number of esters is 1. The third-order valence-electron chi connectivity index (χ3n) is 6.89. The van der Waals surface area contributed by atoms with Gasteiger partial charge in [-0.25, -0.2) is 8.42 Å². The van der Waals surface area contributed by atoms with E-state index in [1.807, 2.05) is 6.07 Å². The molecule has 2 aliphatic rings. The molecule has 9 heteroatoms. The maximum Gasteiger partial charge on any atom is 0.302 e. The Kier molecular flexibility index (Phi) is 6.15. The number of likely N-dealkylation sites (tertiary alicyclic amines) is 1. The van der Waals surface area contributed by atoms with E-state index in [0.29, 0.717) is 11.1 Å². The minimum atomic E-state index is -4.13. The zero-order chi connectivity index (χ0) is 25.5. The molecule has 186 valence electrons. The van der Waals surface area contributed by atoms with Crippen LogP contribution in [0.2, 0.25) is 0 Å². The van der Waals surface area contributed by atoms with Gasteiger partial charge in [0.05, 0.1) is 17.5 Å². The van der Waals surface area contributed by atoms with Gasteiger partial charge in [-0.1, -0.05) is 66.7 Å². The topological polar surface area (TPSA) is 104 Å². The molecule has 3 aromatic carbocycles. The van der Waals surface area contributed by atoms with Crippen LogP contribution >= 0.6 is 0 Å². The van der Waals surface area contributed by atoms with Crippen LogP contribution in [0.4, 0.5) is 0 Å². The summed E-state index contributed by atoms with van der Waals surface area (Å²) in [6.07, 6.45) is -2.16. The first-order valence-corrected chi connectivity index (χ1v) is 13.1. The van der Waals surface area contributed by atoms with Crippen molar-refractivity contribution in [3.05, 3.63) is 102 Å². The van der Waals surface area contributed by atoms with Crippen molar-refractivity contribution in [1.29, 1.82) is 0 Å². The first-order valence-electron chi connectivity index (χ1n) is 11.6. The van der Waals surface area contributed by atoms with Crippen molar-refractivity contribution in [1.82, 2.24) is 9.21 Å². The Labute approximate surface area is 209 Å². The zero-order valence-electron chi connectivity index (χ0n) is 19.6. The van der Waals surface area contributed by atoms with Crippen LogP contribution in [-0.2, 0) is 19.6 Å². The van der Waals surface area contributed by atoms with Gasteiger partial charge in [0.25, 0.3) is 5.91 Å². The maximum absolute atomic E-state index is 13.7. The van der Waals surface area contributed by atoms with Crippen LogP contribution in [0.15, 0.2) is 95.9 Å². The smallest absolute Gasteiger partial charge is 0.302 e. The van der Waals surface area contributed by atoms with E-state index >= 15 is 0 Å². The first-order chi connectivity index (χ1) is 17.3. The van der Waals surface area contributed by atoms with E-state index in [1.54, 1.807) is 72.8 Å². The average molecular weight is 507 g/mol. The summed E-state index contributed by atoms with van der Waals surface area (Å²) in [4.78, 5) is 27.1. The highest BCUT2D eigenvalue weighted by atomic mass is 32.2. The van der Waals surface area contributed by atoms with Gasteiger partial charge in [0, 0.05) is 18.9 Å². The number of benzene rings is 3. The first kappa shape index (κ1) is 24.2. The normalized spacial score (nSPS) is 25.9. The van der Waals surface area contributed by atoms with Crippen LogP contribution < -0.4 is 0 Å². The van der Waals surface area contributed by atoms with Crippen molar-refractivity contribution >= 4 is 21.9 Å². The molecule has 2 saturated heterocycles. The average Bonchev–Trinajstić information content (AvgIpc) is 3.28. The van der Waals surface area contributed by atoms with E-state index in [4.69, 9.17) is 4.74 Å². The van der Waals surface area contributed by atoms with Gasteiger partial charge in [0.2, 0.25) is 10.0 Å². The molecule has 2 aliphatic heterocycles. The molecule has 0 bridgehead atoms. The molecule has 0 radical (unpaired) electrons. The molecule has 1 spiro atoms. The molecule has 0 aromatic heterocycles. The zero-order valence-corrected chi connectivity index (χ0v) is 20.4. The van der Waals surface area contributed by atoms with Crippen molar-refractivity contribution in [3.63, 3.8) is 0 Å². The quantitative estimate of drug-likeness (QED) is 0.534. The minimum absolute atomic E-state index is 0.0346. The predicted octanol–water partition coefficient (Wildman–Crippen LogP) is 2.97. The Morgan fingerprint density at radius 1 is 0.917 bits per heavy atom. The van der Waals surface area contributed by atoms with Crippen LogP contribution in [-0.4, -0.2) is 59.0 Å². The summed E-state index contributed by atoms with van der Waals surface area (Å²) in [5.41, 5.74) is -0.323. The second-order valence-electron chi connectivity index (χ2n) is 9.04. The van der Waals surface area contributed by atoms with E-state index in [2.05, 4.69) is 0 Å². The van der Waals surface area contributed by atoms with Gasteiger partial charge in [0.1, 0.15) is 17.9 Å². The van der Waals surface area contributed by atoms with Gasteiger partial charge in [-0.2, -0.15) is 4.31 Å². The second kappa shape index (κ2) is 9.16. The number of ether oxygens (including phenoxy) is 1. The largest absolute Gasteiger partial charge is 0.461 e. The number of amides is 1. The highest BCUT2D eigenvalue weighted by Gasteiger charge is 2.72. The van der Waals surface area contributed by atoms with Gasteiger partial charge in [-0.05, 0) is 29.8 Å². The molecule has 1 N–H and O–H groups in total. The number of sulfonamides is 1. The number of hydrogen-bond acceptors (Lipinski definition) is 6. The number of carbonyl (C=O) groups excluding carboxylic acids is 2. The van der Waals surface area contributed by atoms with Gasteiger partial charge >= 0.3 is 5.97 Å². The summed E-state index contributed by atoms with van der Waals surface area (Å²) in [5, 5.41) is 11.6. The second-order valence-corrected chi connectivity index (χ2v) is 10.9. The van der Waals surface area contributed by atoms with Crippen molar-refractivity contribution in [2.24, 2.45) is 0 Å². The highest BCUT2D eigenvalue weighted by Crippen LogP contribution is 2.58. The molecule has 0 saturated carbocycles. The molecule has 1 amide bonds. The molecule has 2 heterocycles. The van der Waals surface area contributed by atoms with Crippen LogP contribution in [0.1, 0.15) is 35.3 Å². The summed E-state index contributed by atoms with van der Waals surface area (Å²) >= 11 is 0. The fourth-order valence-corrected chi connectivity index (χ4v) is 7.21. The number of carbonyl (C=O) groups is 2. The Bertz CT molecular complexity index is 1370. The standard InChI is InChI=1S/C27H26N2O6S/c1-19(30)35-22-17-27(28(18-22)25(31)21-13-7-3-8-14-21)24(20-11-5-2-6-12-20)29(26(27)32)36(33,34)23-15-9-4-10-16-23/h2-16,22,24,26,32H,17-18H2,1H3/t22?,24-,26+,27-/m0/s1. The van der Waals surface area contributed by atoms with Crippen molar-refractivity contribution in [2.45, 2.75) is 42.2 Å². The number of hydrogen-bond donors (Lipinski definition) is 1. The Morgan fingerprint density at radius 3 is 2.06 bits per heavy atom. The lowest BCUT2D eigenvalue weighted by molar-refractivity contribution is -0.188. The summed E-state index contributed by atoms with van der Waals surface area (Å²) < 4.78 is 34.0. The number of nitrogens with zero attached hydrogens (tertiary/aromatic N) is 2. The SMILES string of the molecule is CC(=O)OC1CN(C(=O)c2ccccc2)[C@@]2(C1)[C@H](c1ccccc1)N(S(=O)(=O)c1ccccc1)[C@@H]2O. The fraction of sp³-hybridized carbons (Fsp3) is 0.259. The van der Waals surface area contributed by atoms with Crippen LogP contribution in [0.25, 0.3) is 0 Å². The molecule has 0 aliphatic carbocycles. The van der Waals surface area contributed by atoms with Gasteiger partial charge in [-0.15, -0.1) is 0 Å². The van der Waals surface area contributed by atoms with E-state index in [-0.39, 0.29) is 23.8 Å². The summed E-state index contributed by atoms with van der Waals surface area (Å²) in [6.45, 7) is 1.32. The van der Waals surface area contributed by atoms with E-state index in [0.717, 1.165) is 4.31 Å². The van der Waals surface area contributed by atoms with E-state index < -0.39 is 39.9 Å². The number of rotatable bonds is 5. The van der Waals surface area contributed by atoms with Gasteiger partial charge in [0.15, 0.2) is 0 Å². The molecule has 3 aromatic rings. The van der Waals surface area contributed by atoms with Crippen LogP contribution in [0.5, 0.6) is 0 Å². The monoisotopic (exact) mass is 506 g/mol. The predicted molar refractivity (Wildman–Crippen MR) is 131 cm³/mol. The van der Waals surface area contributed by atoms with Crippen LogP contribution in [0, 0.1) is 0 Å². The number of aliphatic hydroxyl groups excluding tert-OH is 1. The number of aliphatic hydroxyl groups is 1. The van der Waals surface area contributed by atoms with Crippen molar-refractivity contribution in [3.8, 4) is 0 Å². The maximum atomic E-state index is 13.7. The molecule has 2 fully saturated rings. The van der Waals surface area contributed by atoms with Gasteiger partial charge in [-0.3, -0.25) is 9.59 Å². The molecule has 8 nitrogen and oxygen atoms in total. The molecule has 1 unspecified atom stereocenters. The van der Waals surface area contributed by atoms with Crippen LogP contribution in [0.3, 0.4) is 0 Å². The summed E-state index contributed by atoms with van der Waals surface area (Å²) in [6, 6.07) is 24.5. The third-order valence-corrected chi connectivity index (χ3v) is 8.73. The third kappa shape index (κ3) is 3.80. The molecular formula is C27H26N2O6S. The molecular weight excluding hydrogens is 480 g/mol. The lowest BCUT2D eigenvalue weighted by Crippen LogP contribution is -2.77. The van der Waals surface area contributed by atoms with E-state index in [1.165, 1.54) is 24.0 Å². The van der Waals surface area contributed by atoms with Gasteiger partial charge < -0.3 is 14.7 Å². The van der Waals surface area contributed by atoms with E-state index in [9.17, 15) is 23.1 Å².